The van der Waals surface area contributed by atoms with Crippen LogP contribution in [0.4, 0.5) is 10.5 Å². The van der Waals surface area contributed by atoms with Gasteiger partial charge in [-0.2, -0.15) is 0 Å². The number of benzene rings is 2. The molecule has 2 aromatic carbocycles. The summed E-state index contributed by atoms with van der Waals surface area (Å²) in [6.45, 7) is 0.280. The second-order valence-corrected chi connectivity index (χ2v) is 8.51. The Morgan fingerprint density at radius 1 is 1.04 bits per heavy atom. The maximum atomic E-state index is 12.5. The van der Waals surface area contributed by atoms with Crippen LogP contribution in [0.2, 0.25) is 10.0 Å². The molecule has 0 aliphatic carbocycles. The van der Waals surface area contributed by atoms with Gasteiger partial charge < -0.3 is 10.2 Å². The Balaban J connectivity index is 1.63. The fourth-order valence-corrected chi connectivity index (χ4v) is 4.34. The van der Waals surface area contributed by atoms with Crippen molar-refractivity contribution in [3.8, 4) is 0 Å². The summed E-state index contributed by atoms with van der Waals surface area (Å²) in [7, 11) is -3.47. The van der Waals surface area contributed by atoms with Crippen LogP contribution >= 0.6 is 23.2 Å². The molecule has 1 aliphatic heterocycles. The maximum Gasteiger partial charge on any atom is 0.321 e. The minimum atomic E-state index is -3.47. The van der Waals surface area contributed by atoms with Crippen LogP contribution in [0.15, 0.2) is 53.4 Å². The molecule has 1 saturated heterocycles. The van der Waals surface area contributed by atoms with Crippen molar-refractivity contribution in [2.24, 2.45) is 0 Å². The molecule has 126 valence electrons. The highest BCUT2D eigenvalue weighted by Gasteiger charge is 2.40. The Bertz CT molecular complexity index is 863. The predicted molar refractivity (Wildman–Crippen MR) is 94.5 cm³/mol. The Labute approximate surface area is 150 Å². The number of sulfone groups is 1. The minimum Gasteiger partial charge on any atom is -0.322 e. The number of hydrogen-bond donors (Lipinski definition) is 1. The molecule has 2 aromatic rings. The fraction of sp³-hybridized carbons (Fsp3) is 0.188. The van der Waals surface area contributed by atoms with E-state index < -0.39 is 15.1 Å². The molecule has 0 saturated carbocycles. The zero-order valence-corrected chi connectivity index (χ0v) is 14.8. The number of nitrogens with zero attached hydrogens (tertiary/aromatic N) is 1. The molecular weight excluding hydrogens is 371 g/mol. The van der Waals surface area contributed by atoms with Gasteiger partial charge in [-0.1, -0.05) is 35.3 Å². The van der Waals surface area contributed by atoms with Gasteiger partial charge in [0.05, 0.1) is 15.6 Å². The maximum absolute atomic E-state index is 12.5. The Morgan fingerprint density at radius 2 is 1.67 bits per heavy atom. The van der Waals surface area contributed by atoms with Gasteiger partial charge >= 0.3 is 6.03 Å². The Kier molecular flexibility index (Phi) is 4.71. The monoisotopic (exact) mass is 384 g/mol. The molecule has 0 spiro atoms. The molecule has 0 atom stereocenters. The number of carbonyl (C=O) groups is 1. The SMILES string of the molecule is O=C(Nc1ccccc1Cl)N1CC(S(=O)(=O)c2ccc(Cl)cc2)C1. The van der Waals surface area contributed by atoms with Gasteiger partial charge in [0.2, 0.25) is 0 Å². The van der Waals surface area contributed by atoms with Crippen molar-refractivity contribution in [2.45, 2.75) is 10.1 Å². The van der Waals surface area contributed by atoms with E-state index in [4.69, 9.17) is 23.2 Å². The van der Waals surface area contributed by atoms with E-state index in [1.54, 1.807) is 24.3 Å². The number of likely N-dealkylation sites (tertiary alicyclic amines) is 1. The normalized spacial score (nSPS) is 15.0. The number of rotatable bonds is 3. The zero-order valence-electron chi connectivity index (χ0n) is 12.4. The molecule has 1 aliphatic rings. The summed E-state index contributed by atoms with van der Waals surface area (Å²) in [5.74, 6) is 0. The first-order valence-electron chi connectivity index (χ1n) is 7.18. The lowest BCUT2D eigenvalue weighted by atomic mass is 10.2. The highest BCUT2D eigenvalue weighted by Crippen LogP contribution is 2.26. The van der Waals surface area contributed by atoms with E-state index in [1.165, 1.54) is 29.2 Å². The number of carbonyl (C=O) groups excluding carboxylic acids is 1. The molecule has 0 unspecified atom stereocenters. The van der Waals surface area contributed by atoms with Gasteiger partial charge in [0.25, 0.3) is 0 Å². The summed E-state index contributed by atoms with van der Waals surface area (Å²) < 4.78 is 25.0. The Morgan fingerprint density at radius 3 is 2.29 bits per heavy atom. The standard InChI is InChI=1S/C16H14Cl2N2O3S/c17-11-5-7-12(8-6-11)24(22,23)13-9-20(10-13)16(21)19-15-4-2-1-3-14(15)18/h1-8,13H,9-10H2,(H,19,21). The lowest BCUT2D eigenvalue weighted by Crippen LogP contribution is -2.58. The van der Waals surface area contributed by atoms with E-state index in [2.05, 4.69) is 5.32 Å². The molecule has 0 bridgehead atoms. The van der Waals surface area contributed by atoms with Crippen LogP contribution in [0.3, 0.4) is 0 Å². The minimum absolute atomic E-state index is 0.140. The summed E-state index contributed by atoms with van der Waals surface area (Å²) in [5.41, 5.74) is 0.494. The molecule has 3 rings (SSSR count). The Hall–Kier alpha value is -1.76. The molecule has 1 N–H and O–H groups in total. The zero-order chi connectivity index (χ0) is 17.3. The van der Waals surface area contributed by atoms with E-state index in [-0.39, 0.29) is 24.0 Å². The first kappa shape index (κ1) is 17.1. The lowest BCUT2D eigenvalue weighted by Gasteiger charge is -2.38. The van der Waals surface area contributed by atoms with E-state index in [0.717, 1.165) is 0 Å². The van der Waals surface area contributed by atoms with Crippen molar-refractivity contribution in [1.82, 2.24) is 4.90 Å². The van der Waals surface area contributed by atoms with Gasteiger partial charge in [0.1, 0.15) is 5.25 Å². The highest BCUT2D eigenvalue weighted by molar-refractivity contribution is 7.92. The first-order chi connectivity index (χ1) is 11.4. The topological polar surface area (TPSA) is 66.5 Å². The molecule has 1 heterocycles. The van der Waals surface area contributed by atoms with Crippen molar-refractivity contribution in [3.63, 3.8) is 0 Å². The van der Waals surface area contributed by atoms with Crippen LogP contribution in [0.1, 0.15) is 0 Å². The summed E-state index contributed by atoms with van der Waals surface area (Å²) >= 11 is 11.8. The van der Waals surface area contributed by atoms with Crippen LogP contribution in [0.5, 0.6) is 0 Å². The van der Waals surface area contributed by atoms with Crippen molar-refractivity contribution >= 4 is 44.8 Å². The second-order valence-electron chi connectivity index (χ2n) is 5.44. The number of nitrogens with one attached hydrogen (secondary N) is 1. The molecule has 2 amide bonds. The van der Waals surface area contributed by atoms with Crippen LogP contribution in [0.25, 0.3) is 0 Å². The summed E-state index contributed by atoms with van der Waals surface area (Å²) in [6, 6.07) is 12.5. The van der Waals surface area contributed by atoms with Crippen molar-refractivity contribution < 1.29 is 13.2 Å². The molecule has 5 nitrogen and oxygen atoms in total. The van der Waals surface area contributed by atoms with Gasteiger partial charge in [-0.05, 0) is 36.4 Å². The van der Waals surface area contributed by atoms with Crippen LogP contribution < -0.4 is 5.32 Å². The highest BCUT2D eigenvalue weighted by atomic mass is 35.5. The number of urea groups is 1. The van der Waals surface area contributed by atoms with Crippen LogP contribution in [-0.4, -0.2) is 37.7 Å². The summed E-state index contributed by atoms with van der Waals surface area (Å²) in [6.07, 6.45) is 0. The van der Waals surface area contributed by atoms with Gasteiger partial charge in [0.15, 0.2) is 9.84 Å². The number of para-hydroxylation sites is 1. The van der Waals surface area contributed by atoms with Gasteiger partial charge in [-0.3, -0.25) is 0 Å². The van der Waals surface area contributed by atoms with Gasteiger partial charge in [-0.25, -0.2) is 13.2 Å². The van der Waals surface area contributed by atoms with Crippen LogP contribution in [-0.2, 0) is 9.84 Å². The van der Waals surface area contributed by atoms with Crippen molar-refractivity contribution in [1.29, 1.82) is 0 Å². The lowest BCUT2D eigenvalue weighted by molar-refractivity contribution is 0.182. The van der Waals surface area contributed by atoms with Crippen molar-refractivity contribution in [2.75, 3.05) is 18.4 Å². The predicted octanol–water partition coefficient (Wildman–Crippen LogP) is 3.68. The third kappa shape index (κ3) is 3.36. The summed E-state index contributed by atoms with van der Waals surface area (Å²) in [5, 5.41) is 2.96. The molecule has 8 heteroatoms. The van der Waals surface area contributed by atoms with Crippen molar-refractivity contribution in [3.05, 3.63) is 58.6 Å². The molecular formula is C16H14Cl2N2O3S. The number of halogens is 2. The largest absolute Gasteiger partial charge is 0.322 e. The van der Waals surface area contributed by atoms with Gasteiger partial charge in [-0.15, -0.1) is 0 Å². The van der Waals surface area contributed by atoms with Gasteiger partial charge in [0, 0.05) is 18.1 Å². The van der Waals surface area contributed by atoms with E-state index in [1.807, 2.05) is 0 Å². The molecule has 1 fully saturated rings. The third-order valence-electron chi connectivity index (χ3n) is 3.83. The van der Waals surface area contributed by atoms with Crippen LogP contribution in [0, 0.1) is 0 Å². The third-order valence-corrected chi connectivity index (χ3v) is 6.52. The van der Waals surface area contributed by atoms with E-state index in [9.17, 15) is 13.2 Å². The van der Waals surface area contributed by atoms with E-state index in [0.29, 0.717) is 15.7 Å². The molecule has 0 radical (unpaired) electrons. The number of amides is 2. The molecule has 0 aromatic heterocycles. The number of hydrogen-bond acceptors (Lipinski definition) is 3. The summed E-state index contributed by atoms with van der Waals surface area (Å²) in [4.78, 5) is 13.8. The average molecular weight is 385 g/mol. The first-order valence-corrected chi connectivity index (χ1v) is 9.48. The quantitative estimate of drug-likeness (QED) is 0.877. The average Bonchev–Trinajstić information content (AvgIpc) is 2.48. The smallest absolute Gasteiger partial charge is 0.321 e. The number of anilines is 1. The second kappa shape index (κ2) is 6.63. The van der Waals surface area contributed by atoms with E-state index >= 15 is 0 Å². The fourth-order valence-electron chi connectivity index (χ4n) is 2.37. The molecule has 24 heavy (non-hydrogen) atoms.